The molecule has 3 rings (SSSR count). The first kappa shape index (κ1) is 22.6. The summed E-state index contributed by atoms with van der Waals surface area (Å²) in [5, 5.41) is 2.97. The summed E-state index contributed by atoms with van der Waals surface area (Å²) in [4.78, 5) is 12.9. The second-order valence-corrected chi connectivity index (χ2v) is 9.66. The second kappa shape index (κ2) is 8.94. The zero-order chi connectivity index (χ0) is 22.8. The monoisotopic (exact) mass is 436 g/mol. The molecule has 0 unspecified atom stereocenters. The molecule has 0 fully saturated rings. The third-order valence-electron chi connectivity index (χ3n) is 5.28. The van der Waals surface area contributed by atoms with E-state index in [1.54, 1.807) is 31.2 Å². The van der Waals surface area contributed by atoms with Gasteiger partial charge in [-0.05, 0) is 75.6 Å². The first-order valence-electron chi connectivity index (χ1n) is 10.1. The van der Waals surface area contributed by atoms with Crippen LogP contribution in [0.1, 0.15) is 51.1 Å². The molecule has 31 heavy (non-hydrogen) atoms. The fraction of sp³-hybridized carbons (Fsp3) is 0.240. The number of nitrogens with one attached hydrogen (secondary N) is 2. The standard InChI is InChI=1S/C25H28N2O3S/c1-16-6-11-22(12-7-16)27-31(29,30)24-15-21(10-9-18(24)3)25(28)26-20(5)23-13-8-17(2)14-19(23)4/h6-15,20,27H,1-5H3,(H,26,28)/t20-/m0/s1. The van der Waals surface area contributed by atoms with Crippen LogP contribution in [0.4, 0.5) is 5.69 Å². The smallest absolute Gasteiger partial charge is 0.262 e. The van der Waals surface area contributed by atoms with E-state index in [9.17, 15) is 13.2 Å². The van der Waals surface area contributed by atoms with Crippen molar-refractivity contribution < 1.29 is 13.2 Å². The van der Waals surface area contributed by atoms with E-state index in [-0.39, 0.29) is 16.8 Å². The summed E-state index contributed by atoms with van der Waals surface area (Å²) in [7, 11) is -3.83. The van der Waals surface area contributed by atoms with Crippen LogP contribution in [0.2, 0.25) is 0 Å². The third-order valence-corrected chi connectivity index (χ3v) is 6.81. The molecule has 0 radical (unpaired) electrons. The molecule has 5 nitrogen and oxygen atoms in total. The minimum absolute atomic E-state index is 0.0832. The molecule has 0 spiro atoms. The van der Waals surface area contributed by atoms with Gasteiger partial charge in [0.1, 0.15) is 0 Å². The molecular weight excluding hydrogens is 408 g/mol. The molecule has 2 N–H and O–H groups in total. The number of anilines is 1. The quantitative estimate of drug-likeness (QED) is 0.557. The van der Waals surface area contributed by atoms with Gasteiger partial charge in [0.05, 0.1) is 10.9 Å². The first-order valence-corrected chi connectivity index (χ1v) is 11.6. The number of carbonyl (C=O) groups excluding carboxylic acids is 1. The molecule has 0 saturated carbocycles. The van der Waals surface area contributed by atoms with Gasteiger partial charge in [-0.3, -0.25) is 9.52 Å². The van der Waals surface area contributed by atoms with Crippen molar-refractivity contribution in [2.24, 2.45) is 0 Å². The average Bonchev–Trinajstić information content (AvgIpc) is 2.69. The molecule has 0 bridgehead atoms. The lowest BCUT2D eigenvalue weighted by atomic mass is 10.00. The second-order valence-electron chi connectivity index (χ2n) is 8.01. The molecule has 1 atom stereocenters. The van der Waals surface area contributed by atoms with E-state index in [4.69, 9.17) is 0 Å². The molecule has 6 heteroatoms. The Morgan fingerprint density at radius 1 is 0.806 bits per heavy atom. The van der Waals surface area contributed by atoms with E-state index in [1.807, 2.05) is 52.0 Å². The van der Waals surface area contributed by atoms with Gasteiger partial charge in [-0.15, -0.1) is 0 Å². The molecule has 0 heterocycles. The maximum atomic E-state index is 13.0. The summed E-state index contributed by atoms with van der Waals surface area (Å²) in [5.74, 6) is -0.320. The van der Waals surface area contributed by atoms with Gasteiger partial charge < -0.3 is 5.32 Å². The summed E-state index contributed by atoms with van der Waals surface area (Å²) in [6.07, 6.45) is 0. The number of aryl methyl sites for hydroxylation is 4. The molecule has 162 valence electrons. The van der Waals surface area contributed by atoms with E-state index < -0.39 is 10.0 Å². The lowest BCUT2D eigenvalue weighted by Crippen LogP contribution is -2.27. The van der Waals surface area contributed by atoms with Gasteiger partial charge in [-0.25, -0.2) is 8.42 Å². The van der Waals surface area contributed by atoms with E-state index >= 15 is 0 Å². The van der Waals surface area contributed by atoms with Crippen molar-refractivity contribution in [3.05, 3.63) is 94.0 Å². The molecule has 0 aliphatic heterocycles. The Bertz CT molecular complexity index is 1220. The molecule has 0 aliphatic rings. The summed E-state index contributed by atoms with van der Waals surface area (Å²) in [6.45, 7) is 9.60. The lowest BCUT2D eigenvalue weighted by Gasteiger charge is -2.18. The highest BCUT2D eigenvalue weighted by molar-refractivity contribution is 7.92. The van der Waals surface area contributed by atoms with Crippen LogP contribution in [0.3, 0.4) is 0 Å². The van der Waals surface area contributed by atoms with E-state index in [1.165, 1.54) is 6.07 Å². The van der Waals surface area contributed by atoms with Crippen LogP contribution in [-0.2, 0) is 10.0 Å². The zero-order valence-electron chi connectivity index (χ0n) is 18.5. The van der Waals surface area contributed by atoms with Gasteiger partial charge in [0.2, 0.25) is 0 Å². The van der Waals surface area contributed by atoms with Gasteiger partial charge in [0, 0.05) is 11.3 Å². The van der Waals surface area contributed by atoms with Gasteiger partial charge in [-0.2, -0.15) is 0 Å². The van der Waals surface area contributed by atoms with Crippen molar-refractivity contribution in [1.29, 1.82) is 0 Å². The van der Waals surface area contributed by atoms with Crippen molar-refractivity contribution in [2.75, 3.05) is 4.72 Å². The summed E-state index contributed by atoms with van der Waals surface area (Å²) < 4.78 is 28.5. The van der Waals surface area contributed by atoms with Crippen molar-refractivity contribution in [3.63, 3.8) is 0 Å². The highest BCUT2D eigenvalue weighted by Crippen LogP contribution is 2.23. The maximum absolute atomic E-state index is 13.0. The Kier molecular flexibility index (Phi) is 6.51. The number of rotatable bonds is 6. The predicted octanol–water partition coefficient (Wildman–Crippen LogP) is 5.21. The molecule has 3 aromatic rings. The number of hydrogen-bond donors (Lipinski definition) is 2. The minimum Gasteiger partial charge on any atom is -0.346 e. The zero-order valence-corrected chi connectivity index (χ0v) is 19.3. The highest BCUT2D eigenvalue weighted by Gasteiger charge is 2.20. The Labute approximate surface area is 184 Å². The third kappa shape index (κ3) is 5.33. The normalized spacial score (nSPS) is 12.3. The lowest BCUT2D eigenvalue weighted by molar-refractivity contribution is 0.0939. The molecule has 0 aromatic heterocycles. The highest BCUT2D eigenvalue weighted by atomic mass is 32.2. The van der Waals surface area contributed by atoms with Gasteiger partial charge in [-0.1, -0.05) is 47.5 Å². The Morgan fingerprint density at radius 2 is 1.45 bits per heavy atom. The van der Waals surface area contributed by atoms with E-state index in [0.29, 0.717) is 16.8 Å². The van der Waals surface area contributed by atoms with Crippen LogP contribution in [0.5, 0.6) is 0 Å². The molecular formula is C25H28N2O3S. The predicted molar refractivity (Wildman–Crippen MR) is 125 cm³/mol. The van der Waals surface area contributed by atoms with E-state index in [0.717, 1.165) is 22.3 Å². The van der Waals surface area contributed by atoms with Crippen molar-refractivity contribution in [1.82, 2.24) is 5.32 Å². The number of hydrogen-bond acceptors (Lipinski definition) is 3. The van der Waals surface area contributed by atoms with Crippen molar-refractivity contribution in [3.8, 4) is 0 Å². The number of sulfonamides is 1. The van der Waals surface area contributed by atoms with Gasteiger partial charge >= 0.3 is 0 Å². The van der Waals surface area contributed by atoms with Crippen LogP contribution in [0.25, 0.3) is 0 Å². The Hall–Kier alpha value is -3.12. The van der Waals surface area contributed by atoms with Crippen LogP contribution in [0, 0.1) is 27.7 Å². The molecule has 0 saturated heterocycles. The fourth-order valence-corrected chi connectivity index (χ4v) is 4.86. The van der Waals surface area contributed by atoms with Crippen LogP contribution < -0.4 is 10.0 Å². The van der Waals surface area contributed by atoms with E-state index in [2.05, 4.69) is 16.1 Å². The Balaban J connectivity index is 1.84. The first-order chi connectivity index (χ1) is 14.6. The number of carbonyl (C=O) groups is 1. The molecule has 1 amide bonds. The number of benzene rings is 3. The number of amides is 1. The van der Waals surface area contributed by atoms with Crippen molar-refractivity contribution >= 4 is 21.6 Å². The summed E-state index contributed by atoms with van der Waals surface area (Å²) in [5.41, 5.74) is 5.67. The fourth-order valence-electron chi connectivity index (χ4n) is 3.53. The SMILES string of the molecule is Cc1ccc(NS(=O)(=O)c2cc(C(=O)N[C@@H](C)c3ccc(C)cc3C)ccc2C)cc1. The summed E-state index contributed by atoms with van der Waals surface area (Å²) >= 11 is 0. The van der Waals surface area contributed by atoms with Crippen LogP contribution in [-0.4, -0.2) is 14.3 Å². The average molecular weight is 437 g/mol. The largest absolute Gasteiger partial charge is 0.346 e. The van der Waals surface area contributed by atoms with Crippen LogP contribution in [0.15, 0.2) is 65.6 Å². The summed E-state index contributed by atoms with van der Waals surface area (Å²) in [6, 6.07) is 17.7. The Morgan fingerprint density at radius 3 is 2.10 bits per heavy atom. The maximum Gasteiger partial charge on any atom is 0.262 e. The van der Waals surface area contributed by atoms with Crippen molar-refractivity contribution in [2.45, 2.75) is 45.6 Å². The van der Waals surface area contributed by atoms with Gasteiger partial charge in [0.25, 0.3) is 15.9 Å². The topological polar surface area (TPSA) is 75.3 Å². The molecule has 3 aromatic carbocycles. The molecule has 0 aliphatic carbocycles. The minimum atomic E-state index is -3.83. The van der Waals surface area contributed by atoms with Crippen LogP contribution >= 0.6 is 0 Å². The van der Waals surface area contributed by atoms with Gasteiger partial charge in [0.15, 0.2) is 0 Å².